The number of nitro groups is 1. The van der Waals surface area contributed by atoms with Crippen molar-refractivity contribution in [1.82, 2.24) is 4.90 Å². The number of hydrogen-bond acceptors (Lipinski definition) is 4. The highest BCUT2D eigenvalue weighted by Crippen LogP contribution is 2.41. The summed E-state index contributed by atoms with van der Waals surface area (Å²) in [6, 6.07) is 3.22. The van der Waals surface area contributed by atoms with E-state index in [1.54, 1.807) is 0 Å². The van der Waals surface area contributed by atoms with Crippen LogP contribution in [0.1, 0.15) is 37.7 Å². The predicted octanol–water partition coefficient (Wildman–Crippen LogP) is 2.35. The molecule has 124 valence electrons. The normalized spacial score (nSPS) is 27.6. The number of fused-ring (bicyclic) bond motifs is 1. The van der Waals surface area contributed by atoms with Crippen LogP contribution in [0.15, 0.2) is 18.2 Å². The predicted molar refractivity (Wildman–Crippen MR) is 81.9 cm³/mol. The molecule has 0 radical (unpaired) electrons. The van der Waals surface area contributed by atoms with E-state index in [9.17, 15) is 19.3 Å². The summed E-state index contributed by atoms with van der Waals surface area (Å²) in [6.45, 7) is 0.183. The zero-order chi connectivity index (χ0) is 16.6. The van der Waals surface area contributed by atoms with Gasteiger partial charge in [-0.05, 0) is 37.3 Å². The summed E-state index contributed by atoms with van der Waals surface area (Å²) in [6.07, 6.45) is 4.92. The number of halogens is 1. The van der Waals surface area contributed by atoms with Gasteiger partial charge in [0.2, 0.25) is 5.91 Å². The van der Waals surface area contributed by atoms with Gasteiger partial charge >= 0.3 is 0 Å². The Hall–Kier alpha value is -2.02. The Morgan fingerprint density at radius 3 is 2.83 bits per heavy atom. The standard InChI is InChI=1S/C16H20FN3O3/c17-12-5-6-14(20(22)23)11(7-12)9-19-13-4-2-1-3-10(13)8-15(19)16(18)21/h5-7,10,13,15H,1-4,8-9H2,(H2,18,21)/t10-,13+,15-/m0/s1. The van der Waals surface area contributed by atoms with Crippen molar-refractivity contribution in [1.29, 1.82) is 0 Å². The van der Waals surface area contributed by atoms with Gasteiger partial charge in [0, 0.05) is 24.2 Å². The Bertz CT molecular complexity index is 637. The molecule has 1 aromatic rings. The minimum Gasteiger partial charge on any atom is -0.368 e. The number of nitrogens with zero attached hydrogens (tertiary/aromatic N) is 2. The fraction of sp³-hybridized carbons (Fsp3) is 0.562. The maximum absolute atomic E-state index is 13.5. The SMILES string of the molecule is NC(=O)[C@@H]1C[C@@H]2CCCC[C@H]2N1Cc1cc(F)ccc1[N+](=O)[O-]. The summed E-state index contributed by atoms with van der Waals surface area (Å²) < 4.78 is 13.5. The molecule has 1 saturated carbocycles. The zero-order valence-corrected chi connectivity index (χ0v) is 12.8. The van der Waals surface area contributed by atoms with Crippen LogP contribution in [0.4, 0.5) is 10.1 Å². The number of carbonyl (C=O) groups excluding carboxylic acids is 1. The van der Waals surface area contributed by atoms with Crippen molar-refractivity contribution in [3.05, 3.63) is 39.7 Å². The Balaban J connectivity index is 1.91. The van der Waals surface area contributed by atoms with Gasteiger partial charge in [0.25, 0.3) is 5.69 Å². The number of likely N-dealkylation sites (tertiary alicyclic amines) is 1. The second-order valence-electron chi connectivity index (χ2n) is 6.47. The quantitative estimate of drug-likeness (QED) is 0.681. The van der Waals surface area contributed by atoms with Crippen LogP contribution < -0.4 is 5.73 Å². The fourth-order valence-electron chi connectivity index (χ4n) is 4.12. The lowest BCUT2D eigenvalue weighted by Gasteiger charge is -2.33. The Morgan fingerprint density at radius 2 is 2.13 bits per heavy atom. The van der Waals surface area contributed by atoms with Crippen LogP contribution in [0, 0.1) is 21.8 Å². The van der Waals surface area contributed by atoms with E-state index in [0.717, 1.165) is 31.7 Å². The van der Waals surface area contributed by atoms with Crippen LogP contribution in [0.25, 0.3) is 0 Å². The Morgan fingerprint density at radius 1 is 1.39 bits per heavy atom. The molecule has 3 rings (SSSR count). The lowest BCUT2D eigenvalue weighted by Crippen LogP contribution is -2.44. The summed E-state index contributed by atoms with van der Waals surface area (Å²) in [4.78, 5) is 24.4. The lowest BCUT2D eigenvalue weighted by molar-refractivity contribution is -0.385. The summed E-state index contributed by atoms with van der Waals surface area (Å²) in [5.41, 5.74) is 5.72. The highest BCUT2D eigenvalue weighted by Gasteiger charge is 2.44. The fourth-order valence-corrected chi connectivity index (χ4v) is 4.12. The van der Waals surface area contributed by atoms with E-state index in [2.05, 4.69) is 0 Å². The van der Waals surface area contributed by atoms with E-state index >= 15 is 0 Å². The molecule has 1 aromatic carbocycles. The first kappa shape index (κ1) is 15.9. The van der Waals surface area contributed by atoms with Crippen LogP contribution in [0.2, 0.25) is 0 Å². The summed E-state index contributed by atoms with van der Waals surface area (Å²) in [5, 5.41) is 11.2. The van der Waals surface area contributed by atoms with Gasteiger partial charge in [0.15, 0.2) is 0 Å². The van der Waals surface area contributed by atoms with Crippen molar-refractivity contribution in [3.63, 3.8) is 0 Å². The van der Waals surface area contributed by atoms with Gasteiger partial charge in [-0.1, -0.05) is 12.8 Å². The minimum absolute atomic E-state index is 0.117. The molecule has 0 aromatic heterocycles. The van der Waals surface area contributed by atoms with Crippen molar-refractivity contribution >= 4 is 11.6 Å². The molecule has 6 nitrogen and oxygen atoms in total. The number of benzene rings is 1. The van der Waals surface area contributed by atoms with Crippen LogP contribution >= 0.6 is 0 Å². The molecule has 1 amide bonds. The maximum atomic E-state index is 13.5. The van der Waals surface area contributed by atoms with Crippen LogP contribution in [0.3, 0.4) is 0 Å². The first-order valence-corrected chi connectivity index (χ1v) is 7.95. The number of nitrogens with two attached hydrogens (primary N) is 1. The van der Waals surface area contributed by atoms with Crippen LogP contribution in [-0.2, 0) is 11.3 Å². The van der Waals surface area contributed by atoms with Gasteiger partial charge in [-0.15, -0.1) is 0 Å². The van der Waals surface area contributed by atoms with Crippen LogP contribution in [0.5, 0.6) is 0 Å². The second-order valence-corrected chi connectivity index (χ2v) is 6.47. The molecular weight excluding hydrogens is 301 g/mol. The molecule has 7 heteroatoms. The van der Waals surface area contributed by atoms with Gasteiger partial charge in [0.1, 0.15) is 5.82 Å². The third kappa shape index (κ3) is 3.06. The van der Waals surface area contributed by atoms with E-state index in [1.807, 2.05) is 4.90 Å². The third-order valence-electron chi connectivity index (χ3n) is 5.14. The molecule has 1 aliphatic carbocycles. The number of rotatable bonds is 4. The number of hydrogen-bond donors (Lipinski definition) is 1. The second kappa shape index (κ2) is 6.23. The molecule has 2 aliphatic rings. The van der Waals surface area contributed by atoms with Crippen molar-refractivity contribution < 1.29 is 14.1 Å². The summed E-state index contributed by atoms with van der Waals surface area (Å²) >= 11 is 0. The highest BCUT2D eigenvalue weighted by molar-refractivity contribution is 5.80. The molecule has 1 saturated heterocycles. The largest absolute Gasteiger partial charge is 0.368 e. The third-order valence-corrected chi connectivity index (χ3v) is 5.14. The van der Waals surface area contributed by atoms with Crippen molar-refractivity contribution in [3.8, 4) is 0 Å². The minimum atomic E-state index is -0.513. The molecule has 23 heavy (non-hydrogen) atoms. The lowest BCUT2D eigenvalue weighted by atomic mass is 9.84. The molecule has 2 fully saturated rings. The van der Waals surface area contributed by atoms with E-state index in [-0.39, 0.29) is 18.3 Å². The average Bonchev–Trinajstić information content (AvgIpc) is 2.86. The maximum Gasteiger partial charge on any atom is 0.274 e. The number of amides is 1. The van der Waals surface area contributed by atoms with Gasteiger partial charge in [0.05, 0.1) is 11.0 Å². The van der Waals surface area contributed by atoms with Gasteiger partial charge < -0.3 is 5.73 Å². The van der Waals surface area contributed by atoms with E-state index in [0.29, 0.717) is 17.9 Å². The van der Waals surface area contributed by atoms with Crippen LogP contribution in [-0.4, -0.2) is 27.8 Å². The van der Waals surface area contributed by atoms with Gasteiger partial charge in [-0.2, -0.15) is 0 Å². The van der Waals surface area contributed by atoms with Crippen molar-refractivity contribution in [2.24, 2.45) is 11.7 Å². The molecule has 1 heterocycles. The summed E-state index contributed by atoms with van der Waals surface area (Å²) in [7, 11) is 0. The molecule has 0 unspecified atom stereocenters. The molecular formula is C16H20FN3O3. The van der Waals surface area contributed by atoms with Crippen molar-refractivity contribution in [2.75, 3.05) is 0 Å². The molecule has 0 spiro atoms. The first-order chi connectivity index (χ1) is 11.0. The molecule has 3 atom stereocenters. The number of carbonyl (C=O) groups is 1. The molecule has 0 bridgehead atoms. The Labute approximate surface area is 133 Å². The zero-order valence-electron chi connectivity index (χ0n) is 12.8. The molecule has 1 aliphatic heterocycles. The number of primary amides is 1. The van der Waals surface area contributed by atoms with E-state index in [4.69, 9.17) is 5.73 Å². The Kier molecular flexibility index (Phi) is 4.30. The van der Waals surface area contributed by atoms with Gasteiger partial charge in [-0.3, -0.25) is 19.8 Å². The summed E-state index contributed by atoms with van der Waals surface area (Å²) in [5.74, 6) is -0.520. The van der Waals surface area contributed by atoms with Gasteiger partial charge in [-0.25, -0.2) is 4.39 Å². The van der Waals surface area contributed by atoms with Crippen molar-refractivity contribution in [2.45, 2.75) is 50.7 Å². The number of nitro benzene ring substituents is 1. The van der Waals surface area contributed by atoms with E-state index in [1.165, 1.54) is 12.1 Å². The monoisotopic (exact) mass is 321 g/mol. The topological polar surface area (TPSA) is 89.5 Å². The highest BCUT2D eigenvalue weighted by atomic mass is 19.1. The molecule has 2 N–H and O–H groups in total. The van der Waals surface area contributed by atoms with E-state index < -0.39 is 22.7 Å². The first-order valence-electron chi connectivity index (χ1n) is 7.95. The average molecular weight is 321 g/mol. The smallest absolute Gasteiger partial charge is 0.274 e.